The van der Waals surface area contributed by atoms with Crippen molar-refractivity contribution in [3.05, 3.63) is 58.9 Å². The summed E-state index contributed by atoms with van der Waals surface area (Å²) in [5.41, 5.74) is 1.18. The number of methoxy groups -OCH3 is 1. The molecule has 1 atom stereocenters. The number of hydrogen-bond acceptors (Lipinski definition) is 5. The fraction of sp³-hybridized carbons (Fsp3) is 0.294. The monoisotopic (exact) mass is 341 g/mol. The number of ether oxygens (including phenoxy) is 1. The van der Waals surface area contributed by atoms with Gasteiger partial charge in [-0.2, -0.15) is 5.10 Å². The Hall–Kier alpha value is -3.00. The second-order valence-electron chi connectivity index (χ2n) is 5.65. The Kier molecular flexibility index (Phi) is 4.90. The molecule has 0 aliphatic heterocycles. The van der Waals surface area contributed by atoms with Crippen LogP contribution in [0.1, 0.15) is 11.7 Å². The van der Waals surface area contributed by atoms with Crippen LogP contribution in [0.15, 0.2) is 47.7 Å². The minimum atomic E-state index is -0.353. The maximum Gasteiger partial charge on any atom is 0.261 e. The summed E-state index contributed by atoms with van der Waals surface area (Å²) in [4.78, 5) is 29.1. The minimum Gasteiger partial charge on any atom is -0.382 e. The molecule has 0 saturated carbocycles. The zero-order chi connectivity index (χ0) is 17.8. The van der Waals surface area contributed by atoms with E-state index in [4.69, 9.17) is 4.74 Å². The third-order valence-electron chi connectivity index (χ3n) is 3.93. The second kappa shape index (κ2) is 7.27. The summed E-state index contributed by atoms with van der Waals surface area (Å²) in [6, 6.07) is 8.50. The van der Waals surface area contributed by atoms with Gasteiger partial charge < -0.3 is 10.1 Å². The molecule has 8 nitrogen and oxygen atoms in total. The summed E-state index contributed by atoms with van der Waals surface area (Å²) in [6.07, 6.45) is 3.04. The molecule has 2 aromatic heterocycles. The smallest absolute Gasteiger partial charge is 0.261 e. The van der Waals surface area contributed by atoms with Crippen molar-refractivity contribution in [2.24, 2.45) is 7.05 Å². The number of benzene rings is 1. The van der Waals surface area contributed by atoms with Gasteiger partial charge in [-0.25, -0.2) is 4.98 Å². The van der Waals surface area contributed by atoms with E-state index in [-0.39, 0.29) is 24.1 Å². The molecule has 3 aromatic rings. The normalized spacial score (nSPS) is 12.2. The van der Waals surface area contributed by atoms with Crippen LogP contribution in [0.25, 0.3) is 10.9 Å². The average molecular weight is 341 g/mol. The first-order valence-corrected chi connectivity index (χ1v) is 7.80. The van der Waals surface area contributed by atoms with Crippen LogP contribution in [0.2, 0.25) is 0 Å². The summed E-state index contributed by atoms with van der Waals surface area (Å²) in [7, 11) is 3.36. The summed E-state index contributed by atoms with van der Waals surface area (Å²) in [5, 5.41) is 7.46. The standard InChI is InChI=1S/C17H19N5O3/c1-21-15(7-8-19-21)14(10-25-2)20-16(23)9-22-11-18-13-6-4-3-5-12(13)17(22)24/h3-8,11,14H,9-10H2,1-2H3,(H,20,23)/t14-/m1/s1. The van der Waals surface area contributed by atoms with Gasteiger partial charge in [0.05, 0.1) is 35.6 Å². The molecular formula is C17H19N5O3. The lowest BCUT2D eigenvalue weighted by Crippen LogP contribution is -2.37. The number of nitrogens with zero attached hydrogens (tertiary/aromatic N) is 4. The highest BCUT2D eigenvalue weighted by atomic mass is 16.5. The highest BCUT2D eigenvalue weighted by Crippen LogP contribution is 2.12. The van der Waals surface area contributed by atoms with Crippen molar-refractivity contribution < 1.29 is 9.53 Å². The Bertz CT molecular complexity index is 947. The molecule has 8 heteroatoms. The molecule has 3 rings (SSSR count). The van der Waals surface area contributed by atoms with Gasteiger partial charge in [-0.3, -0.25) is 18.8 Å². The number of aromatic nitrogens is 4. The van der Waals surface area contributed by atoms with E-state index in [0.29, 0.717) is 17.5 Å². The number of rotatable bonds is 6. The maximum absolute atomic E-state index is 12.5. The van der Waals surface area contributed by atoms with E-state index >= 15 is 0 Å². The summed E-state index contributed by atoms with van der Waals surface area (Å²) < 4.78 is 8.15. The van der Waals surface area contributed by atoms with Gasteiger partial charge in [0.25, 0.3) is 5.56 Å². The molecule has 0 aliphatic carbocycles. The van der Waals surface area contributed by atoms with Crippen LogP contribution in [0.5, 0.6) is 0 Å². The van der Waals surface area contributed by atoms with Crippen molar-refractivity contribution in [1.82, 2.24) is 24.6 Å². The van der Waals surface area contributed by atoms with Crippen LogP contribution in [0.4, 0.5) is 0 Å². The van der Waals surface area contributed by atoms with Gasteiger partial charge in [-0.15, -0.1) is 0 Å². The van der Waals surface area contributed by atoms with Crippen LogP contribution in [-0.4, -0.2) is 39.0 Å². The topological polar surface area (TPSA) is 91.0 Å². The number of nitrogens with one attached hydrogen (secondary N) is 1. The molecule has 0 bridgehead atoms. The second-order valence-corrected chi connectivity index (χ2v) is 5.65. The number of para-hydroxylation sites is 1. The molecule has 25 heavy (non-hydrogen) atoms. The first-order chi connectivity index (χ1) is 12.1. The molecule has 0 radical (unpaired) electrons. The predicted molar refractivity (Wildman–Crippen MR) is 92.0 cm³/mol. The Morgan fingerprint density at radius 1 is 1.32 bits per heavy atom. The molecule has 0 fully saturated rings. The fourth-order valence-electron chi connectivity index (χ4n) is 2.71. The van der Waals surface area contributed by atoms with Gasteiger partial charge in [0.15, 0.2) is 0 Å². The molecule has 2 heterocycles. The van der Waals surface area contributed by atoms with Gasteiger partial charge in [0.2, 0.25) is 5.91 Å². The van der Waals surface area contributed by atoms with Crippen molar-refractivity contribution in [3.8, 4) is 0 Å². The van der Waals surface area contributed by atoms with Crippen LogP contribution < -0.4 is 10.9 Å². The molecule has 130 valence electrons. The zero-order valence-electron chi connectivity index (χ0n) is 14.0. The lowest BCUT2D eigenvalue weighted by molar-refractivity contribution is -0.122. The SMILES string of the molecule is COC[C@@H](NC(=O)Cn1cnc2ccccc2c1=O)c1ccnn1C. The van der Waals surface area contributed by atoms with Crippen molar-refractivity contribution in [2.45, 2.75) is 12.6 Å². The molecule has 1 N–H and O–H groups in total. The maximum atomic E-state index is 12.5. The van der Waals surface area contributed by atoms with E-state index in [1.807, 2.05) is 12.1 Å². The molecule has 0 saturated heterocycles. The lowest BCUT2D eigenvalue weighted by Gasteiger charge is -2.18. The zero-order valence-corrected chi connectivity index (χ0v) is 14.0. The van der Waals surface area contributed by atoms with E-state index in [2.05, 4.69) is 15.4 Å². The van der Waals surface area contributed by atoms with Crippen LogP contribution >= 0.6 is 0 Å². The minimum absolute atomic E-state index is 0.116. The van der Waals surface area contributed by atoms with Crippen LogP contribution in [0, 0.1) is 0 Å². The van der Waals surface area contributed by atoms with Gasteiger partial charge in [0, 0.05) is 20.4 Å². The molecule has 1 amide bonds. The van der Waals surface area contributed by atoms with Crippen LogP contribution in [0.3, 0.4) is 0 Å². The number of amides is 1. The highest BCUT2D eigenvalue weighted by molar-refractivity contribution is 5.79. The number of fused-ring (bicyclic) bond motifs is 1. The molecular weight excluding hydrogens is 322 g/mol. The van der Waals surface area contributed by atoms with E-state index in [1.54, 1.807) is 43.2 Å². The Morgan fingerprint density at radius 2 is 2.12 bits per heavy atom. The molecule has 0 unspecified atom stereocenters. The third kappa shape index (κ3) is 3.58. The van der Waals surface area contributed by atoms with Gasteiger partial charge in [-0.1, -0.05) is 12.1 Å². The lowest BCUT2D eigenvalue weighted by atomic mass is 10.2. The number of aryl methyl sites for hydroxylation is 1. The Morgan fingerprint density at radius 3 is 2.84 bits per heavy atom. The largest absolute Gasteiger partial charge is 0.382 e. The predicted octanol–water partition coefficient (Wildman–Crippen LogP) is 0.634. The first-order valence-electron chi connectivity index (χ1n) is 7.80. The van der Waals surface area contributed by atoms with E-state index in [9.17, 15) is 9.59 Å². The quantitative estimate of drug-likeness (QED) is 0.710. The average Bonchev–Trinajstić information content (AvgIpc) is 3.03. The van der Waals surface area contributed by atoms with Gasteiger partial charge >= 0.3 is 0 Å². The fourth-order valence-corrected chi connectivity index (χ4v) is 2.71. The number of carbonyl (C=O) groups is 1. The van der Waals surface area contributed by atoms with E-state index in [1.165, 1.54) is 10.9 Å². The van der Waals surface area contributed by atoms with Crippen LogP contribution in [-0.2, 0) is 23.1 Å². The Balaban J connectivity index is 1.79. The number of hydrogen-bond donors (Lipinski definition) is 1. The molecule has 0 aliphatic rings. The van der Waals surface area contributed by atoms with Crippen molar-refractivity contribution in [1.29, 1.82) is 0 Å². The summed E-state index contributed by atoms with van der Waals surface area (Å²) >= 11 is 0. The highest BCUT2D eigenvalue weighted by Gasteiger charge is 2.18. The van der Waals surface area contributed by atoms with Crippen molar-refractivity contribution in [2.75, 3.05) is 13.7 Å². The van der Waals surface area contributed by atoms with E-state index < -0.39 is 0 Å². The number of carbonyl (C=O) groups excluding carboxylic acids is 1. The Labute approximate surface area is 144 Å². The summed E-state index contributed by atoms with van der Waals surface area (Å²) in [5.74, 6) is -0.303. The summed E-state index contributed by atoms with van der Waals surface area (Å²) in [6.45, 7) is 0.185. The molecule has 0 spiro atoms. The third-order valence-corrected chi connectivity index (χ3v) is 3.93. The van der Waals surface area contributed by atoms with Gasteiger partial charge in [0.1, 0.15) is 6.54 Å². The van der Waals surface area contributed by atoms with Crippen molar-refractivity contribution >= 4 is 16.8 Å². The van der Waals surface area contributed by atoms with Gasteiger partial charge in [-0.05, 0) is 18.2 Å². The van der Waals surface area contributed by atoms with Crippen molar-refractivity contribution in [3.63, 3.8) is 0 Å². The first kappa shape index (κ1) is 16.8. The van der Waals surface area contributed by atoms with E-state index in [0.717, 1.165) is 5.69 Å². The molecule has 1 aromatic carbocycles.